The van der Waals surface area contributed by atoms with E-state index < -0.39 is 0 Å². The second-order valence-electron chi connectivity index (χ2n) is 6.71. The zero-order chi connectivity index (χ0) is 16.6. The van der Waals surface area contributed by atoms with Gasteiger partial charge in [0.15, 0.2) is 0 Å². The van der Waals surface area contributed by atoms with Crippen molar-refractivity contribution in [3.05, 3.63) is 65.2 Å². The highest BCUT2D eigenvalue weighted by atomic mass is 35.5. The summed E-state index contributed by atoms with van der Waals surface area (Å²) in [5, 5.41) is 7.03. The van der Waals surface area contributed by atoms with Gasteiger partial charge in [0.05, 0.1) is 0 Å². The Morgan fingerprint density at radius 1 is 1.00 bits per heavy atom. The average molecular weight is 397 g/mol. The van der Waals surface area contributed by atoms with Crippen LogP contribution in [0.5, 0.6) is 5.75 Å². The van der Waals surface area contributed by atoms with Crippen LogP contribution in [0.2, 0.25) is 0 Å². The molecule has 144 valence electrons. The summed E-state index contributed by atoms with van der Waals surface area (Å²) in [5.41, 5.74) is 3.72. The van der Waals surface area contributed by atoms with Gasteiger partial charge in [0.25, 0.3) is 0 Å². The van der Waals surface area contributed by atoms with Gasteiger partial charge in [-0.2, -0.15) is 0 Å². The van der Waals surface area contributed by atoms with Crippen LogP contribution < -0.4 is 15.4 Å². The Labute approximate surface area is 169 Å². The molecule has 0 spiro atoms. The average Bonchev–Trinajstić information content (AvgIpc) is 2.63. The van der Waals surface area contributed by atoms with Gasteiger partial charge in [-0.15, -0.1) is 24.8 Å². The lowest BCUT2D eigenvalue weighted by molar-refractivity contribution is 0.301. The molecule has 1 heterocycles. The quantitative estimate of drug-likeness (QED) is 0.722. The SMILES string of the molecule is Cc1ccc(COc2ccccc2CNCC2CCNCC2)cc1.Cl.Cl. The van der Waals surface area contributed by atoms with E-state index in [2.05, 4.69) is 60.0 Å². The fourth-order valence-electron chi connectivity index (χ4n) is 3.13. The molecule has 3 rings (SSSR count). The Kier molecular flexibility index (Phi) is 10.7. The molecule has 1 fully saturated rings. The first-order valence-electron chi connectivity index (χ1n) is 8.99. The van der Waals surface area contributed by atoms with Crippen molar-refractivity contribution in [2.24, 2.45) is 5.92 Å². The van der Waals surface area contributed by atoms with Crippen molar-refractivity contribution in [2.45, 2.75) is 32.9 Å². The third kappa shape index (κ3) is 7.16. The van der Waals surface area contributed by atoms with Crippen molar-refractivity contribution in [3.8, 4) is 5.75 Å². The highest BCUT2D eigenvalue weighted by Gasteiger charge is 2.12. The molecule has 2 aromatic carbocycles. The van der Waals surface area contributed by atoms with E-state index >= 15 is 0 Å². The van der Waals surface area contributed by atoms with E-state index in [0.29, 0.717) is 6.61 Å². The zero-order valence-electron chi connectivity index (χ0n) is 15.4. The van der Waals surface area contributed by atoms with Gasteiger partial charge in [0, 0.05) is 12.1 Å². The minimum Gasteiger partial charge on any atom is -0.489 e. The zero-order valence-corrected chi connectivity index (χ0v) is 17.0. The van der Waals surface area contributed by atoms with Crippen LogP contribution in [0, 0.1) is 12.8 Å². The summed E-state index contributed by atoms with van der Waals surface area (Å²) in [6.07, 6.45) is 2.55. The third-order valence-corrected chi connectivity index (χ3v) is 4.69. The van der Waals surface area contributed by atoms with Crippen LogP contribution in [0.25, 0.3) is 0 Å². The predicted molar refractivity (Wildman–Crippen MR) is 114 cm³/mol. The van der Waals surface area contributed by atoms with E-state index in [4.69, 9.17) is 4.74 Å². The van der Waals surface area contributed by atoms with Crippen LogP contribution in [0.15, 0.2) is 48.5 Å². The molecule has 1 aliphatic rings. The van der Waals surface area contributed by atoms with Crippen LogP contribution in [-0.4, -0.2) is 19.6 Å². The lowest BCUT2D eigenvalue weighted by Crippen LogP contribution is -2.33. The molecule has 0 radical (unpaired) electrons. The van der Waals surface area contributed by atoms with Crippen LogP contribution in [0.4, 0.5) is 0 Å². The second-order valence-corrected chi connectivity index (χ2v) is 6.71. The van der Waals surface area contributed by atoms with Crippen LogP contribution in [0.1, 0.15) is 29.5 Å². The van der Waals surface area contributed by atoms with Gasteiger partial charge < -0.3 is 15.4 Å². The molecule has 2 N–H and O–H groups in total. The van der Waals surface area contributed by atoms with Crippen molar-refractivity contribution in [3.63, 3.8) is 0 Å². The van der Waals surface area contributed by atoms with Crippen molar-refractivity contribution >= 4 is 24.8 Å². The number of nitrogens with one attached hydrogen (secondary N) is 2. The maximum atomic E-state index is 6.06. The van der Waals surface area contributed by atoms with Crippen molar-refractivity contribution in [1.29, 1.82) is 0 Å². The van der Waals surface area contributed by atoms with Crippen molar-refractivity contribution < 1.29 is 4.74 Å². The number of hydrogen-bond donors (Lipinski definition) is 2. The molecule has 2 aromatic rings. The van der Waals surface area contributed by atoms with Gasteiger partial charge in [-0.05, 0) is 56.9 Å². The van der Waals surface area contributed by atoms with Gasteiger partial charge in [-0.25, -0.2) is 0 Å². The number of piperidine rings is 1. The monoisotopic (exact) mass is 396 g/mol. The van der Waals surface area contributed by atoms with Crippen LogP contribution in [-0.2, 0) is 13.2 Å². The molecule has 3 nitrogen and oxygen atoms in total. The van der Waals surface area contributed by atoms with Crippen LogP contribution in [0.3, 0.4) is 0 Å². The third-order valence-electron chi connectivity index (χ3n) is 4.69. The number of rotatable bonds is 7. The molecule has 0 aromatic heterocycles. The number of para-hydroxylation sites is 1. The molecule has 0 amide bonds. The minimum absolute atomic E-state index is 0. The fourth-order valence-corrected chi connectivity index (χ4v) is 3.13. The number of aryl methyl sites for hydroxylation is 1. The summed E-state index contributed by atoms with van der Waals surface area (Å²) in [7, 11) is 0. The Bertz CT molecular complexity index is 628. The summed E-state index contributed by atoms with van der Waals surface area (Å²) < 4.78 is 6.06. The molecule has 0 atom stereocenters. The number of halogens is 2. The van der Waals surface area contributed by atoms with Gasteiger partial charge >= 0.3 is 0 Å². The highest BCUT2D eigenvalue weighted by molar-refractivity contribution is 5.85. The van der Waals surface area contributed by atoms with E-state index in [1.807, 2.05) is 6.07 Å². The highest BCUT2D eigenvalue weighted by Crippen LogP contribution is 2.20. The maximum absolute atomic E-state index is 6.06. The Balaban J connectivity index is 0.00000169. The normalized spacial score (nSPS) is 14.2. The largest absolute Gasteiger partial charge is 0.489 e. The second kappa shape index (κ2) is 12.2. The summed E-state index contributed by atoms with van der Waals surface area (Å²) in [6.45, 7) is 6.99. The van der Waals surface area contributed by atoms with E-state index in [9.17, 15) is 0 Å². The molecule has 1 saturated heterocycles. The van der Waals surface area contributed by atoms with Gasteiger partial charge in [0.2, 0.25) is 0 Å². The Morgan fingerprint density at radius 3 is 2.42 bits per heavy atom. The van der Waals surface area contributed by atoms with E-state index in [1.165, 1.54) is 29.5 Å². The molecule has 0 unspecified atom stereocenters. The topological polar surface area (TPSA) is 33.3 Å². The van der Waals surface area contributed by atoms with Crippen molar-refractivity contribution in [2.75, 3.05) is 19.6 Å². The molecule has 0 saturated carbocycles. The van der Waals surface area contributed by atoms with E-state index in [1.54, 1.807) is 0 Å². The fraction of sp³-hybridized carbons (Fsp3) is 0.429. The van der Waals surface area contributed by atoms with Gasteiger partial charge in [-0.3, -0.25) is 0 Å². The summed E-state index contributed by atoms with van der Waals surface area (Å²) in [5.74, 6) is 1.78. The molecule has 0 aliphatic carbocycles. The lowest BCUT2D eigenvalue weighted by Gasteiger charge is -2.23. The molecular formula is C21H30Cl2N2O. The predicted octanol–water partition coefficient (Wildman–Crippen LogP) is 4.51. The first kappa shape index (κ1) is 22.8. The van der Waals surface area contributed by atoms with E-state index in [-0.39, 0.29) is 24.8 Å². The molecule has 1 aliphatic heterocycles. The molecular weight excluding hydrogens is 367 g/mol. The number of hydrogen-bond acceptors (Lipinski definition) is 3. The molecule has 26 heavy (non-hydrogen) atoms. The Hall–Kier alpha value is -1.26. The number of ether oxygens (including phenoxy) is 1. The van der Waals surface area contributed by atoms with Crippen LogP contribution >= 0.6 is 24.8 Å². The summed E-state index contributed by atoms with van der Waals surface area (Å²) in [4.78, 5) is 0. The molecule has 0 bridgehead atoms. The summed E-state index contributed by atoms with van der Waals surface area (Å²) >= 11 is 0. The van der Waals surface area contributed by atoms with E-state index in [0.717, 1.165) is 37.8 Å². The van der Waals surface area contributed by atoms with Crippen molar-refractivity contribution in [1.82, 2.24) is 10.6 Å². The first-order valence-corrected chi connectivity index (χ1v) is 8.99. The maximum Gasteiger partial charge on any atom is 0.124 e. The standard InChI is InChI=1S/C21H28N2O.2ClH/c1-17-6-8-19(9-7-17)16-24-21-5-3-2-4-20(21)15-23-14-18-10-12-22-13-11-18;;/h2-9,18,22-23H,10-16H2,1H3;2*1H. The summed E-state index contributed by atoms with van der Waals surface area (Å²) in [6, 6.07) is 16.9. The number of benzene rings is 2. The lowest BCUT2D eigenvalue weighted by atomic mass is 9.98. The first-order chi connectivity index (χ1) is 11.8. The van der Waals surface area contributed by atoms with Gasteiger partial charge in [-0.1, -0.05) is 48.0 Å². The van der Waals surface area contributed by atoms with Gasteiger partial charge in [0.1, 0.15) is 12.4 Å². The molecule has 5 heteroatoms. The smallest absolute Gasteiger partial charge is 0.124 e. The Morgan fingerprint density at radius 2 is 1.69 bits per heavy atom. The minimum atomic E-state index is 0.